The molecule has 0 unspecified atom stereocenters. The Labute approximate surface area is 345 Å². The normalized spacial score (nSPS) is 11.2. The van der Waals surface area contributed by atoms with Crippen LogP contribution in [0.25, 0.3) is 0 Å². The Morgan fingerprint density at radius 1 is 0.475 bits per heavy atom. The molecular formula is C47H48N4O7Si. The second-order valence-corrected chi connectivity index (χ2v) is 19.2. The van der Waals surface area contributed by atoms with Gasteiger partial charge >= 0.3 is 18.3 Å². The molecule has 6 rings (SSSR count). The number of nitrogens with two attached hydrogens (primary N) is 1. The van der Waals surface area contributed by atoms with Crippen LogP contribution in [0.15, 0.2) is 158 Å². The zero-order valence-corrected chi connectivity index (χ0v) is 34.3. The standard InChI is InChI=1S/C47H48N4O7Si/c1-47(2,3)59(42-22-6-4-7-23-42,43-24-8-5-9-25-43)58-33-37-17-13-21-41(29-37)51-46(54)57-32-36-16-12-20-40(28-36)50-45(53)56-31-35-15-11-19-39(27-35)49-44(52)55-30-34-14-10-18-38(48)26-34/h4-29H,30-33,48H2,1-3H3,(H,49,52)(H,50,53)(H,51,54). The molecule has 0 heterocycles. The fourth-order valence-corrected chi connectivity index (χ4v) is 11.3. The molecule has 0 bridgehead atoms. The van der Waals surface area contributed by atoms with Crippen molar-refractivity contribution in [2.45, 2.75) is 52.2 Å². The van der Waals surface area contributed by atoms with Gasteiger partial charge in [-0.05, 0) is 86.2 Å². The molecule has 0 aromatic heterocycles. The molecule has 0 atom stereocenters. The molecule has 3 amide bonds. The molecule has 11 nitrogen and oxygen atoms in total. The molecule has 0 aliphatic carbocycles. The fourth-order valence-electron chi connectivity index (χ4n) is 6.76. The number of ether oxygens (including phenoxy) is 3. The Hall–Kier alpha value is -6.89. The Kier molecular flexibility index (Phi) is 13.8. The summed E-state index contributed by atoms with van der Waals surface area (Å²) >= 11 is 0. The van der Waals surface area contributed by atoms with Crippen molar-refractivity contribution >= 4 is 59.7 Å². The number of carbonyl (C=O) groups excluding carboxylic acids is 3. The van der Waals surface area contributed by atoms with Crippen molar-refractivity contribution in [3.05, 3.63) is 180 Å². The van der Waals surface area contributed by atoms with Crippen LogP contribution in [0.2, 0.25) is 5.04 Å². The van der Waals surface area contributed by atoms with Crippen molar-refractivity contribution in [3.63, 3.8) is 0 Å². The van der Waals surface area contributed by atoms with Gasteiger partial charge in [0.25, 0.3) is 8.32 Å². The van der Waals surface area contributed by atoms with Crippen molar-refractivity contribution in [1.82, 2.24) is 0 Å². The Balaban J connectivity index is 0.979. The summed E-state index contributed by atoms with van der Waals surface area (Å²) in [7, 11) is -2.75. The number of anilines is 4. The van der Waals surface area contributed by atoms with E-state index in [1.54, 1.807) is 72.8 Å². The molecular weight excluding hydrogens is 761 g/mol. The van der Waals surface area contributed by atoms with E-state index in [-0.39, 0.29) is 24.9 Å². The molecule has 0 aliphatic heterocycles. The maximum atomic E-state index is 12.9. The maximum Gasteiger partial charge on any atom is 0.411 e. The molecule has 0 saturated heterocycles. The lowest BCUT2D eigenvalue weighted by atomic mass is 10.2. The Bertz CT molecular complexity index is 2310. The predicted molar refractivity (Wildman–Crippen MR) is 234 cm³/mol. The summed E-state index contributed by atoms with van der Waals surface area (Å²) in [5, 5.41) is 10.4. The van der Waals surface area contributed by atoms with Crippen LogP contribution in [-0.2, 0) is 45.1 Å². The molecule has 0 spiro atoms. The number of amides is 3. The number of benzene rings is 6. The zero-order chi connectivity index (χ0) is 41.7. The molecule has 0 fully saturated rings. The van der Waals surface area contributed by atoms with Gasteiger partial charge in [-0.15, -0.1) is 0 Å². The lowest BCUT2D eigenvalue weighted by molar-refractivity contribution is 0.153. The Morgan fingerprint density at radius 3 is 1.20 bits per heavy atom. The van der Waals surface area contributed by atoms with Crippen LogP contribution in [-0.4, -0.2) is 26.6 Å². The van der Waals surface area contributed by atoms with Gasteiger partial charge in [0.1, 0.15) is 19.8 Å². The summed E-state index contributed by atoms with van der Waals surface area (Å²) in [6.07, 6.45) is -1.94. The number of hydrogen-bond acceptors (Lipinski definition) is 8. The zero-order valence-electron chi connectivity index (χ0n) is 33.3. The van der Waals surface area contributed by atoms with E-state index >= 15 is 0 Å². The first-order valence-electron chi connectivity index (χ1n) is 19.1. The van der Waals surface area contributed by atoms with E-state index in [9.17, 15) is 14.4 Å². The monoisotopic (exact) mass is 808 g/mol. The summed E-state index contributed by atoms with van der Waals surface area (Å²) in [5.41, 5.74) is 10.9. The lowest BCUT2D eigenvalue weighted by Gasteiger charge is -2.43. The van der Waals surface area contributed by atoms with Gasteiger partial charge in [-0.25, -0.2) is 14.4 Å². The van der Waals surface area contributed by atoms with Gasteiger partial charge in [0.2, 0.25) is 0 Å². The van der Waals surface area contributed by atoms with Crippen LogP contribution >= 0.6 is 0 Å². The third kappa shape index (κ3) is 11.6. The summed E-state index contributed by atoms with van der Waals surface area (Å²) in [4.78, 5) is 37.9. The highest BCUT2D eigenvalue weighted by Gasteiger charge is 2.50. The summed E-state index contributed by atoms with van der Waals surface area (Å²) in [6, 6.07) is 49.3. The van der Waals surface area contributed by atoms with Gasteiger partial charge in [-0.1, -0.05) is 130 Å². The van der Waals surface area contributed by atoms with Gasteiger partial charge in [0.05, 0.1) is 6.61 Å². The van der Waals surface area contributed by atoms with E-state index in [0.717, 1.165) is 11.1 Å². The minimum atomic E-state index is -2.75. The van der Waals surface area contributed by atoms with Crippen LogP contribution in [0.3, 0.4) is 0 Å². The third-order valence-corrected chi connectivity index (χ3v) is 14.4. The second-order valence-electron chi connectivity index (χ2n) is 14.9. The highest BCUT2D eigenvalue weighted by molar-refractivity contribution is 6.99. The molecule has 12 heteroatoms. The first-order valence-corrected chi connectivity index (χ1v) is 21.1. The van der Waals surface area contributed by atoms with Gasteiger partial charge in [-0.3, -0.25) is 16.0 Å². The Morgan fingerprint density at radius 2 is 0.831 bits per heavy atom. The minimum absolute atomic E-state index is 0.0330. The maximum absolute atomic E-state index is 12.9. The van der Waals surface area contributed by atoms with E-state index in [4.69, 9.17) is 24.4 Å². The molecule has 0 saturated carbocycles. The fraction of sp³-hybridized carbons (Fsp3) is 0.170. The summed E-state index contributed by atoms with van der Waals surface area (Å²) in [5.74, 6) is 0. The number of rotatable bonds is 14. The number of hydrogen-bond donors (Lipinski definition) is 4. The highest BCUT2D eigenvalue weighted by Crippen LogP contribution is 2.37. The summed E-state index contributed by atoms with van der Waals surface area (Å²) < 4.78 is 23.3. The van der Waals surface area contributed by atoms with Crippen LogP contribution in [0, 0.1) is 0 Å². The van der Waals surface area contributed by atoms with E-state index in [1.165, 1.54) is 10.4 Å². The van der Waals surface area contributed by atoms with E-state index in [1.807, 2.05) is 36.4 Å². The molecule has 0 aliphatic rings. The average molecular weight is 809 g/mol. The van der Waals surface area contributed by atoms with Gasteiger partial charge in [-0.2, -0.15) is 0 Å². The molecule has 59 heavy (non-hydrogen) atoms. The molecule has 5 N–H and O–H groups in total. The quantitative estimate of drug-likeness (QED) is 0.0483. The van der Waals surface area contributed by atoms with Crippen molar-refractivity contribution in [3.8, 4) is 0 Å². The molecule has 6 aromatic carbocycles. The van der Waals surface area contributed by atoms with Crippen LogP contribution in [0.4, 0.5) is 37.1 Å². The van der Waals surface area contributed by atoms with Gasteiger partial charge in [0.15, 0.2) is 0 Å². The van der Waals surface area contributed by atoms with Gasteiger partial charge in [0, 0.05) is 22.7 Å². The number of nitrogens with one attached hydrogen (secondary N) is 3. The largest absolute Gasteiger partial charge is 0.444 e. The molecule has 302 valence electrons. The van der Waals surface area contributed by atoms with E-state index < -0.39 is 26.6 Å². The smallest absolute Gasteiger partial charge is 0.411 e. The topological polar surface area (TPSA) is 150 Å². The van der Waals surface area contributed by atoms with Crippen molar-refractivity contribution < 1.29 is 33.0 Å². The van der Waals surface area contributed by atoms with Crippen molar-refractivity contribution in [2.24, 2.45) is 0 Å². The first-order chi connectivity index (χ1) is 28.5. The van der Waals surface area contributed by atoms with Crippen LogP contribution in [0.1, 0.15) is 43.0 Å². The van der Waals surface area contributed by atoms with Crippen LogP contribution < -0.4 is 32.1 Å². The minimum Gasteiger partial charge on any atom is -0.444 e. The average Bonchev–Trinajstić information content (AvgIpc) is 3.22. The molecule has 6 aromatic rings. The number of nitrogen functional groups attached to an aromatic ring is 1. The van der Waals surface area contributed by atoms with E-state index in [2.05, 4.69) is 85.3 Å². The van der Waals surface area contributed by atoms with Crippen LogP contribution in [0.5, 0.6) is 0 Å². The van der Waals surface area contributed by atoms with Gasteiger partial charge < -0.3 is 24.4 Å². The first kappa shape index (κ1) is 41.7. The lowest BCUT2D eigenvalue weighted by Crippen LogP contribution is -2.66. The summed E-state index contributed by atoms with van der Waals surface area (Å²) in [6.45, 7) is 7.05. The highest BCUT2D eigenvalue weighted by atomic mass is 28.4. The van der Waals surface area contributed by atoms with E-state index in [0.29, 0.717) is 40.5 Å². The van der Waals surface area contributed by atoms with Crippen molar-refractivity contribution in [2.75, 3.05) is 21.7 Å². The predicted octanol–water partition coefficient (Wildman–Crippen LogP) is 9.59. The second kappa shape index (κ2) is 19.5. The SMILES string of the molecule is CC(C)(C)[Si](OCc1cccc(NC(=O)OCc2cccc(NC(=O)OCc3cccc(NC(=O)OCc4cccc(N)c4)c3)c2)c1)(c1ccccc1)c1ccccc1. The number of carbonyl (C=O) groups is 3. The van der Waals surface area contributed by atoms with Crippen molar-refractivity contribution in [1.29, 1.82) is 0 Å². The third-order valence-electron chi connectivity index (χ3n) is 9.45. The molecule has 0 radical (unpaired) electrons.